The number of ether oxygens (including phenoxy) is 1. The summed E-state index contributed by atoms with van der Waals surface area (Å²) in [4.78, 5) is 39.8. The van der Waals surface area contributed by atoms with Gasteiger partial charge in [-0.05, 0) is 32.1 Å². The first-order valence-electron chi connectivity index (χ1n) is 9.15. The lowest BCUT2D eigenvalue weighted by atomic mass is 9.81. The predicted octanol–water partition coefficient (Wildman–Crippen LogP) is 1.36. The second-order valence-electron chi connectivity index (χ2n) is 7.41. The van der Waals surface area contributed by atoms with Crippen LogP contribution in [0.25, 0.3) is 0 Å². The van der Waals surface area contributed by atoms with Gasteiger partial charge in [0.25, 0.3) is 0 Å². The standard InChI is InChI=1S/C18H30N2O5/c1-19(17(24)18(9-11-25-2)7-3-4-8-18)13-15(21)20-10-5-6-14(12-20)16(22)23/h14H,3-13H2,1-2H3,(H,22,23). The molecule has 1 saturated heterocycles. The average molecular weight is 354 g/mol. The molecule has 2 fully saturated rings. The lowest BCUT2D eigenvalue weighted by Crippen LogP contribution is -2.49. The zero-order valence-corrected chi connectivity index (χ0v) is 15.3. The second kappa shape index (κ2) is 8.65. The van der Waals surface area contributed by atoms with E-state index in [-0.39, 0.29) is 24.9 Å². The maximum atomic E-state index is 13.0. The van der Waals surface area contributed by atoms with E-state index in [1.807, 2.05) is 0 Å². The van der Waals surface area contributed by atoms with Crippen LogP contribution in [0.1, 0.15) is 44.9 Å². The Morgan fingerprint density at radius 1 is 1.24 bits per heavy atom. The third-order valence-electron chi connectivity index (χ3n) is 5.64. The molecule has 142 valence electrons. The second-order valence-corrected chi connectivity index (χ2v) is 7.41. The number of rotatable bonds is 7. The molecule has 2 rings (SSSR count). The Balaban J connectivity index is 1.95. The Labute approximate surface area is 149 Å². The Bertz CT molecular complexity index is 502. The van der Waals surface area contributed by atoms with E-state index in [2.05, 4.69) is 0 Å². The van der Waals surface area contributed by atoms with Gasteiger partial charge in [0.1, 0.15) is 0 Å². The molecule has 2 aliphatic rings. The molecule has 0 aromatic carbocycles. The maximum absolute atomic E-state index is 13.0. The van der Waals surface area contributed by atoms with Gasteiger partial charge in [-0.25, -0.2) is 0 Å². The fourth-order valence-electron chi connectivity index (χ4n) is 4.10. The molecule has 1 N–H and O–H groups in total. The summed E-state index contributed by atoms with van der Waals surface area (Å²) in [6, 6.07) is 0. The Hall–Kier alpha value is -1.63. The molecule has 7 heteroatoms. The first-order valence-corrected chi connectivity index (χ1v) is 9.15. The molecule has 0 radical (unpaired) electrons. The smallest absolute Gasteiger partial charge is 0.308 e. The van der Waals surface area contributed by atoms with Crippen LogP contribution in [0.2, 0.25) is 0 Å². The number of methoxy groups -OCH3 is 1. The minimum atomic E-state index is -0.855. The van der Waals surface area contributed by atoms with E-state index in [0.29, 0.717) is 32.4 Å². The molecule has 0 aromatic heterocycles. The van der Waals surface area contributed by atoms with E-state index < -0.39 is 17.3 Å². The lowest BCUT2D eigenvalue weighted by molar-refractivity contribution is -0.150. The fraction of sp³-hybridized carbons (Fsp3) is 0.833. The molecule has 1 saturated carbocycles. The SMILES string of the molecule is COCCC1(C(=O)N(C)CC(=O)N2CCCC(C(=O)O)C2)CCCC1. The van der Waals surface area contributed by atoms with Gasteiger partial charge in [0.2, 0.25) is 11.8 Å². The number of carboxylic acids is 1. The fourth-order valence-corrected chi connectivity index (χ4v) is 4.10. The van der Waals surface area contributed by atoms with Crippen LogP contribution < -0.4 is 0 Å². The van der Waals surface area contributed by atoms with Crippen LogP contribution in [0, 0.1) is 11.3 Å². The van der Waals surface area contributed by atoms with Crippen LogP contribution in [0.4, 0.5) is 0 Å². The van der Waals surface area contributed by atoms with Gasteiger partial charge in [0.05, 0.1) is 17.9 Å². The topological polar surface area (TPSA) is 87.2 Å². The zero-order chi connectivity index (χ0) is 18.4. The number of hydrogen-bond donors (Lipinski definition) is 1. The minimum absolute atomic E-state index is 0.0138. The number of hydrogen-bond acceptors (Lipinski definition) is 4. The van der Waals surface area contributed by atoms with Gasteiger partial charge in [-0.3, -0.25) is 14.4 Å². The summed E-state index contributed by atoms with van der Waals surface area (Å²) in [7, 11) is 3.31. The number of likely N-dealkylation sites (N-methyl/N-ethyl adjacent to an activating group) is 1. The predicted molar refractivity (Wildman–Crippen MR) is 92.0 cm³/mol. The molecule has 2 amide bonds. The molecule has 1 atom stereocenters. The Morgan fingerprint density at radius 2 is 1.92 bits per heavy atom. The highest BCUT2D eigenvalue weighted by atomic mass is 16.5. The van der Waals surface area contributed by atoms with Gasteiger partial charge in [0, 0.05) is 33.9 Å². The van der Waals surface area contributed by atoms with Crippen molar-refractivity contribution >= 4 is 17.8 Å². The lowest BCUT2D eigenvalue weighted by Gasteiger charge is -2.35. The number of carbonyl (C=O) groups excluding carboxylic acids is 2. The number of carboxylic acid groups (broad SMARTS) is 1. The summed E-state index contributed by atoms with van der Waals surface area (Å²) < 4.78 is 5.17. The molecule has 1 heterocycles. The van der Waals surface area contributed by atoms with Gasteiger partial charge in [-0.2, -0.15) is 0 Å². The van der Waals surface area contributed by atoms with Crippen molar-refractivity contribution in [1.29, 1.82) is 0 Å². The van der Waals surface area contributed by atoms with E-state index in [0.717, 1.165) is 25.7 Å². The first-order chi connectivity index (χ1) is 11.9. The van der Waals surface area contributed by atoms with Crippen molar-refractivity contribution in [3.05, 3.63) is 0 Å². The van der Waals surface area contributed by atoms with Gasteiger partial charge >= 0.3 is 5.97 Å². The largest absolute Gasteiger partial charge is 0.481 e. The van der Waals surface area contributed by atoms with Crippen molar-refractivity contribution in [2.45, 2.75) is 44.9 Å². The molecule has 7 nitrogen and oxygen atoms in total. The van der Waals surface area contributed by atoms with Crippen LogP contribution in [-0.4, -0.2) is 73.1 Å². The van der Waals surface area contributed by atoms with Crippen LogP contribution in [0.15, 0.2) is 0 Å². The third-order valence-corrected chi connectivity index (χ3v) is 5.64. The van der Waals surface area contributed by atoms with E-state index in [4.69, 9.17) is 9.84 Å². The highest BCUT2D eigenvalue weighted by Crippen LogP contribution is 2.42. The highest BCUT2D eigenvalue weighted by molar-refractivity contribution is 5.88. The van der Waals surface area contributed by atoms with Crippen molar-refractivity contribution in [3.8, 4) is 0 Å². The van der Waals surface area contributed by atoms with Crippen LogP contribution in [0.5, 0.6) is 0 Å². The number of likely N-dealkylation sites (tertiary alicyclic amines) is 1. The van der Waals surface area contributed by atoms with Crippen molar-refractivity contribution < 1.29 is 24.2 Å². The minimum Gasteiger partial charge on any atom is -0.481 e. The van der Waals surface area contributed by atoms with Gasteiger partial charge in [-0.1, -0.05) is 12.8 Å². The molecule has 1 aliphatic heterocycles. The summed E-state index contributed by atoms with van der Waals surface area (Å²) in [5, 5.41) is 9.15. The first kappa shape index (κ1) is 19.7. The van der Waals surface area contributed by atoms with E-state index in [9.17, 15) is 14.4 Å². The number of amides is 2. The molecular weight excluding hydrogens is 324 g/mol. The molecule has 25 heavy (non-hydrogen) atoms. The number of piperidine rings is 1. The summed E-state index contributed by atoms with van der Waals surface area (Å²) in [5.74, 6) is -1.50. The van der Waals surface area contributed by atoms with Crippen molar-refractivity contribution in [3.63, 3.8) is 0 Å². The highest BCUT2D eigenvalue weighted by Gasteiger charge is 2.42. The molecule has 0 spiro atoms. The van der Waals surface area contributed by atoms with Crippen molar-refractivity contribution in [2.75, 3.05) is 40.4 Å². The van der Waals surface area contributed by atoms with Gasteiger partial charge in [-0.15, -0.1) is 0 Å². The van der Waals surface area contributed by atoms with Crippen LogP contribution >= 0.6 is 0 Å². The maximum Gasteiger partial charge on any atom is 0.308 e. The Morgan fingerprint density at radius 3 is 2.52 bits per heavy atom. The summed E-state index contributed by atoms with van der Waals surface area (Å²) in [5.41, 5.74) is -0.406. The average Bonchev–Trinajstić information content (AvgIpc) is 3.09. The molecule has 0 bridgehead atoms. The normalized spacial score (nSPS) is 22.6. The van der Waals surface area contributed by atoms with E-state index in [1.165, 1.54) is 4.90 Å². The Kier molecular flexibility index (Phi) is 6.81. The number of carbonyl (C=O) groups is 3. The number of nitrogens with zero attached hydrogens (tertiary/aromatic N) is 2. The van der Waals surface area contributed by atoms with Crippen LogP contribution in [0.3, 0.4) is 0 Å². The molecular formula is C18H30N2O5. The monoisotopic (exact) mass is 354 g/mol. The quantitative estimate of drug-likeness (QED) is 0.746. The zero-order valence-electron chi connectivity index (χ0n) is 15.3. The molecule has 0 aromatic rings. The van der Waals surface area contributed by atoms with Gasteiger partial charge < -0.3 is 19.6 Å². The third kappa shape index (κ3) is 4.71. The van der Waals surface area contributed by atoms with Gasteiger partial charge in [0.15, 0.2) is 0 Å². The molecule has 1 unspecified atom stereocenters. The van der Waals surface area contributed by atoms with E-state index in [1.54, 1.807) is 19.1 Å². The van der Waals surface area contributed by atoms with Crippen molar-refractivity contribution in [2.24, 2.45) is 11.3 Å². The summed E-state index contributed by atoms with van der Waals surface area (Å²) in [6.07, 6.45) is 5.74. The van der Waals surface area contributed by atoms with Crippen LogP contribution in [-0.2, 0) is 19.1 Å². The summed E-state index contributed by atoms with van der Waals surface area (Å²) in [6.45, 7) is 1.37. The summed E-state index contributed by atoms with van der Waals surface area (Å²) >= 11 is 0. The van der Waals surface area contributed by atoms with E-state index >= 15 is 0 Å². The van der Waals surface area contributed by atoms with Crippen molar-refractivity contribution in [1.82, 2.24) is 9.80 Å². The number of aliphatic carboxylic acids is 1. The molecule has 1 aliphatic carbocycles.